The molecular formula is C18H17NO2. The molecule has 21 heavy (non-hydrogen) atoms. The average molecular weight is 279 g/mol. The molecule has 0 spiro atoms. The smallest absolute Gasteiger partial charge is 0.221 e. The second kappa shape index (κ2) is 4.92. The molecule has 4 rings (SSSR count). The predicted octanol–water partition coefficient (Wildman–Crippen LogP) is 2.97. The van der Waals surface area contributed by atoms with Gasteiger partial charge < -0.3 is 10.1 Å². The number of amides is 1. The zero-order valence-corrected chi connectivity index (χ0v) is 11.7. The summed E-state index contributed by atoms with van der Waals surface area (Å²) in [7, 11) is 0. The number of hydrogen-bond donors (Lipinski definition) is 1. The van der Waals surface area contributed by atoms with E-state index in [1.165, 1.54) is 16.7 Å². The summed E-state index contributed by atoms with van der Waals surface area (Å²) in [6.45, 7) is 0.767. The van der Waals surface area contributed by atoms with Gasteiger partial charge in [0.05, 0.1) is 12.6 Å². The molecule has 1 saturated heterocycles. The molecule has 2 atom stereocenters. The first-order valence-corrected chi connectivity index (χ1v) is 7.41. The first-order chi connectivity index (χ1) is 10.3. The van der Waals surface area contributed by atoms with Crippen molar-refractivity contribution in [1.82, 2.24) is 5.32 Å². The Morgan fingerprint density at radius 3 is 2.76 bits per heavy atom. The monoisotopic (exact) mass is 279 g/mol. The van der Waals surface area contributed by atoms with Crippen LogP contribution in [-0.4, -0.2) is 12.5 Å². The molecule has 3 nitrogen and oxygen atoms in total. The van der Waals surface area contributed by atoms with Crippen LogP contribution in [0.2, 0.25) is 0 Å². The highest BCUT2D eigenvalue weighted by Crippen LogP contribution is 2.40. The Morgan fingerprint density at radius 2 is 1.90 bits per heavy atom. The highest BCUT2D eigenvalue weighted by Gasteiger charge is 2.34. The average Bonchev–Trinajstić information content (AvgIpc) is 3.13. The molecule has 1 fully saturated rings. The first kappa shape index (κ1) is 12.5. The van der Waals surface area contributed by atoms with Crippen molar-refractivity contribution in [1.29, 1.82) is 0 Å². The molecular weight excluding hydrogens is 262 g/mol. The van der Waals surface area contributed by atoms with Gasteiger partial charge in [-0.2, -0.15) is 0 Å². The van der Waals surface area contributed by atoms with E-state index in [-0.39, 0.29) is 17.9 Å². The third-order valence-electron chi connectivity index (χ3n) is 4.42. The number of benzene rings is 2. The first-order valence-electron chi connectivity index (χ1n) is 7.41. The number of rotatable bonds is 2. The van der Waals surface area contributed by atoms with Crippen molar-refractivity contribution in [3.8, 4) is 5.75 Å². The number of carbonyl (C=O) groups excluding carboxylic acids is 1. The molecule has 1 N–H and O–H groups in total. The van der Waals surface area contributed by atoms with Crippen LogP contribution in [0.1, 0.15) is 35.1 Å². The molecule has 2 aromatic carbocycles. The van der Waals surface area contributed by atoms with Crippen LogP contribution in [0.25, 0.3) is 0 Å². The quantitative estimate of drug-likeness (QED) is 0.918. The number of carbonyl (C=O) groups is 1. The SMILES string of the molecule is O=C1CC(c2ccc3c(c2)CCO3)C(c2ccccc2)N1. The minimum absolute atomic E-state index is 0.0686. The fourth-order valence-electron chi connectivity index (χ4n) is 3.37. The van der Waals surface area contributed by atoms with E-state index in [9.17, 15) is 4.79 Å². The Hall–Kier alpha value is -2.29. The van der Waals surface area contributed by atoms with Crippen LogP contribution < -0.4 is 10.1 Å². The van der Waals surface area contributed by atoms with Gasteiger partial charge in [-0.1, -0.05) is 42.5 Å². The maximum absolute atomic E-state index is 11.9. The molecule has 106 valence electrons. The van der Waals surface area contributed by atoms with Crippen LogP contribution in [0, 0.1) is 0 Å². The molecule has 2 unspecified atom stereocenters. The molecule has 1 amide bonds. The van der Waals surface area contributed by atoms with E-state index in [1.54, 1.807) is 0 Å². The molecule has 2 heterocycles. The van der Waals surface area contributed by atoms with Crippen molar-refractivity contribution in [2.45, 2.75) is 24.8 Å². The Balaban J connectivity index is 1.71. The van der Waals surface area contributed by atoms with Crippen LogP contribution in [0.3, 0.4) is 0 Å². The van der Waals surface area contributed by atoms with Crippen LogP contribution in [0.15, 0.2) is 48.5 Å². The van der Waals surface area contributed by atoms with Gasteiger partial charge in [0.15, 0.2) is 0 Å². The molecule has 3 heteroatoms. The van der Waals surface area contributed by atoms with Crippen molar-refractivity contribution >= 4 is 5.91 Å². The fraction of sp³-hybridized carbons (Fsp3) is 0.278. The molecule has 0 radical (unpaired) electrons. The summed E-state index contributed by atoms with van der Waals surface area (Å²) in [4.78, 5) is 11.9. The Bertz CT molecular complexity index is 681. The molecule has 0 aliphatic carbocycles. The highest BCUT2D eigenvalue weighted by atomic mass is 16.5. The minimum Gasteiger partial charge on any atom is -0.493 e. The lowest BCUT2D eigenvalue weighted by Crippen LogP contribution is -2.20. The molecule has 0 aromatic heterocycles. The standard InChI is InChI=1S/C18H17NO2/c20-17-11-15(18(19-17)12-4-2-1-3-5-12)13-6-7-16-14(10-13)8-9-21-16/h1-7,10,15,18H,8-9,11H2,(H,19,20). The van der Waals surface area contributed by atoms with Gasteiger partial charge in [0.25, 0.3) is 0 Å². The minimum atomic E-state index is 0.0686. The topological polar surface area (TPSA) is 38.3 Å². The number of fused-ring (bicyclic) bond motifs is 1. The fourth-order valence-corrected chi connectivity index (χ4v) is 3.37. The van der Waals surface area contributed by atoms with Gasteiger partial charge in [-0.05, 0) is 22.8 Å². The van der Waals surface area contributed by atoms with Crippen LogP contribution in [0.4, 0.5) is 0 Å². The summed E-state index contributed by atoms with van der Waals surface area (Å²) in [5, 5.41) is 3.12. The number of hydrogen-bond acceptors (Lipinski definition) is 2. The lowest BCUT2D eigenvalue weighted by Gasteiger charge is -2.20. The molecule has 2 aliphatic heterocycles. The predicted molar refractivity (Wildman–Crippen MR) is 80.3 cm³/mol. The zero-order chi connectivity index (χ0) is 14.2. The van der Waals surface area contributed by atoms with Crippen LogP contribution >= 0.6 is 0 Å². The summed E-state index contributed by atoms with van der Waals surface area (Å²) in [6, 6.07) is 16.6. The Kier molecular flexibility index (Phi) is 2.92. The van der Waals surface area contributed by atoms with E-state index in [4.69, 9.17) is 4.74 Å². The summed E-state index contributed by atoms with van der Waals surface area (Å²) in [5.74, 6) is 1.32. The number of nitrogens with one attached hydrogen (secondary N) is 1. The zero-order valence-electron chi connectivity index (χ0n) is 11.7. The summed E-state index contributed by atoms with van der Waals surface area (Å²) < 4.78 is 5.57. The summed E-state index contributed by atoms with van der Waals surface area (Å²) in [6.07, 6.45) is 1.52. The van der Waals surface area contributed by atoms with Crippen LogP contribution in [0.5, 0.6) is 5.75 Å². The van der Waals surface area contributed by atoms with Crippen molar-refractivity contribution in [3.63, 3.8) is 0 Å². The Labute approximate surface area is 123 Å². The Morgan fingerprint density at radius 1 is 1.05 bits per heavy atom. The van der Waals surface area contributed by atoms with Gasteiger partial charge in [-0.15, -0.1) is 0 Å². The molecule has 2 aromatic rings. The van der Waals surface area contributed by atoms with Crippen molar-refractivity contribution in [3.05, 3.63) is 65.2 Å². The van der Waals surface area contributed by atoms with Gasteiger partial charge in [-0.3, -0.25) is 4.79 Å². The van der Waals surface area contributed by atoms with E-state index < -0.39 is 0 Å². The van der Waals surface area contributed by atoms with E-state index in [0.29, 0.717) is 6.42 Å². The van der Waals surface area contributed by atoms with E-state index in [2.05, 4.69) is 29.6 Å². The van der Waals surface area contributed by atoms with Gasteiger partial charge in [0.1, 0.15) is 5.75 Å². The third-order valence-corrected chi connectivity index (χ3v) is 4.42. The second-order valence-corrected chi connectivity index (χ2v) is 5.73. The van der Waals surface area contributed by atoms with Gasteiger partial charge >= 0.3 is 0 Å². The summed E-state index contributed by atoms with van der Waals surface area (Å²) in [5.41, 5.74) is 3.66. The van der Waals surface area contributed by atoms with Crippen molar-refractivity contribution in [2.24, 2.45) is 0 Å². The van der Waals surface area contributed by atoms with E-state index >= 15 is 0 Å². The normalized spacial score (nSPS) is 23.5. The largest absolute Gasteiger partial charge is 0.493 e. The van der Waals surface area contributed by atoms with Gasteiger partial charge in [0.2, 0.25) is 5.91 Å². The van der Waals surface area contributed by atoms with Crippen LogP contribution in [-0.2, 0) is 11.2 Å². The molecule has 2 aliphatic rings. The second-order valence-electron chi connectivity index (χ2n) is 5.73. The lowest BCUT2D eigenvalue weighted by molar-refractivity contribution is -0.119. The highest BCUT2D eigenvalue weighted by molar-refractivity contribution is 5.80. The lowest BCUT2D eigenvalue weighted by atomic mass is 9.87. The number of ether oxygens (including phenoxy) is 1. The van der Waals surface area contributed by atoms with Gasteiger partial charge in [-0.25, -0.2) is 0 Å². The molecule has 0 saturated carbocycles. The third kappa shape index (κ3) is 2.19. The van der Waals surface area contributed by atoms with E-state index in [0.717, 1.165) is 18.8 Å². The van der Waals surface area contributed by atoms with Crippen molar-refractivity contribution < 1.29 is 9.53 Å². The van der Waals surface area contributed by atoms with Gasteiger partial charge in [0, 0.05) is 18.8 Å². The molecule has 0 bridgehead atoms. The van der Waals surface area contributed by atoms with Crippen molar-refractivity contribution in [2.75, 3.05) is 6.61 Å². The van der Waals surface area contributed by atoms with E-state index in [1.807, 2.05) is 24.3 Å². The summed E-state index contributed by atoms with van der Waals surface area (Å²) >= 11 is 0. The maximum Gasteiger partial charge on any atom is 0.221 e. The maximum atomic E-state index is 11.9.